The van der Waals surface area contributed by atoms with Crippen molar-refractivity contribution in [1.29, 1.82) is 0 Å². The lowest BCUT2D eigenvalue weighted by molar-refractivity contribution is -0.116. The number of carboxylic acids is 1. The van der Waals surface area contributed by atoms with Crippen LogP contribution in [0.3, 0.4) is 0 Å². The molecule has 2 N–H and O–H groups in total. The van der Waals surface area contributed by atoms with E-state index in [-0.39, 0.29) is 18.0 Å². The highest BCUT2D eigenvalue weighted by atomic mass is 35.5. The van der Waals surface area contributed by atoms with Gasteiger partial charge in [-0.05, 0) is 30.3 Å². The van der Waals surface area contributed by atoms with Crippen molar-refractivity contribution < 1.29 is 14.7 Å². The van der Waals surface area contributed by atoms with Crippen LogP contribution in [0.25, 0.3) is 0 Å². The Labute approximate surface area is 114 Å². The summed E-state index contributed by atoms with van der Waals surface area (Å²) in [5.74, 6) is -1.26. The molecule has 2 aromatic rings. The first kappa shape index (κ1) is 13.2. The van der Waals surface area contributed by atoms with Crippen molar-refractivity contribution in [2.24, 2.45) is 0 Å². The molecule has 0 aliphatic rings. The van der Waals surface area contributed by atoms with Crippen molar-refractivity contribution in [3.05, 3.63) is 53.3 Å². The third-order valence-electron chi connectivity index (χ3n) is 2.45. The van der Waals surface area contributed by atoms with Crippen LogP contribution in [-0.4, -0.2) is 21.6 Å². The van der Waals surface area contributed by atoms with Crippen molar-refractivity contribution in [2.75, 3.05) is 5.32 Å². The molecule has 0 aliphatic heterocycles. The molecule has 98 valence electrons. The van der Waals surface area contributed by atoms with Gasteiger partial charge in [-0.25, -0.2) is 4.79 Å². The highest BCUT2D eigenvalue weighted by molar-refractivity contribution is 6.30. The quantitative estimate of drug-likeness (QED) is 0.902. The van der Waals surface area contributed by atoms with Crippen molar-refractivity contribution in [3.8, 4) is 0 Å². The first-order valence-corrected chi connectivity index (χ1v) is 5.87. The molecule has 5 nitrogen and oxygen atoms in total. The van der Waals surface area contributed by atoms with Gasteiger partial charge < -0.3 is 15.0 Å². The molecule has 0 unspecified atom stereocenters. The molecule has 1 aromatic carbocycles. The van der Waals surface area contributed by atoms with E-state index in [1.54, 1.807) is 30.5 Å². The van der Waals surface area contributed by atoms with E-state index in [9.17, 15) is 9.59 Å². The Kier molecular flexibility index (Phi) is 3.87. The van der Waals surface area contributed by atoms with Crippen LogP contribution in [0.5, 0.6) is 0 Å². The molecule has 0 bridgehead atoms. The molecule has 0 aliphatic carbocycles. The van der Waals surface area contributed by atoms with Gasteiger partial charge in [-0.2, -0.15) is 0 Å². The zero-order valence-corrected chi connectivity index (χ0v) is 10.6. The molecule has 1 aromatic heterocycles. The van der Waals surface area contributed by atoms with Crippen LogP contribution < -0.4 is 5.32 Å². The molecular weight excluding hydrogens is 268 g/mol. The fourth-order valence-corrected chi connectivity index (χ4v) is 1.69. The topological polar surface area (TPSA) is 71.3 Å². The fraction of sp³-hybridized carbons (Fsp3) is 0.0769. The van der Waals surface area contributed by atoms with E-state index >= 15 is 0 Å². The van der Waals surface area contributed by atoms with Crippen LogP contribution in [0.2, 0.25) is 5.02 Å². The van der Waals surface area contributed by atoms with E-state index in [4.69, 9.17) is 16.7 Å². The van der Waals surface area contributed by atoms with Crippen LogP contribution in [0.1, 0.15) is 10.4 Å². The third kappa shape index (κ3) is 3.59. The van der Waals surface area contributed by atoms with E-state index in [2.05, 4.69) is 5.32 Å². The van der Waals surface area contributed by atoms with E-state index < -0.39 is 5.97 Å². The van der Waals surface area contributed by atoms with Crippen LogP contribution >= 0.6 is 11.6 Å². The second kappa shape index (κ2) is 5.58. The molecule has 19 heavy (non-hydrogen) atoms. The number of halogens is 1. The Hall–Kier alpha value is -2.27. The molecule has 1 amide bonds. The van der Waals surface area contributed by atoms with Gasteiger partial charge in [0.2, 0.25) is 5.91 Å². The van der Waals surface area contributed by atoms with Gasteiger partial charge in [-0.15, -0.1) is 0 Å². The van der Waals surface area contributed by atoms with E-state index in [0.29, 0.717) is 10.7 Å². The highest BCUT2D eigenvalue weighted by Crippen LogP contribution is 2.13. The van der Waals surface area contributed by atoms with Gasteiger partial charge in [0.05, 0.1) is 5.56 Å². The van der Waals surface area contributed by atoms with Gasteiger partial charge in [0.25, 0.3) is 0 Å². The molecule has 0 radical (unpaired) electrons. The van der Waals surface area contributed by atoms with E-state index in [1.807, 2.05) is 0 Å². The summed E-state index contributed by atoms with van der Waals surface area (Å²) in [5, 5.41) is 12.0. The Balaban J connectivity index is 1.97. The SMILES string of the molecule is O=C(Cn1ccc(C(=O)O)c1)Nc1ccc(Cl)cc1. The molecule has 0 saturated heterocycles. The number of benzene rings is 1. The fourth-order valence-electron chi connectivity index (χ4n) is 1.57. The third-order valence-corrected chi connectivity index (χ3v) is 2.70. The van der Waals surface area contributed by atoms with Gasteiger partial charge in [-0.3, -0.25) is 4.79 Å². The maximum Gasteiger partial charge on any atom is 0.337 e. The number of aromatic carboxylic acids is 1. The minimum Gasteiger partial charge on any atom is -0.478 e. The maximum atomic E-state index is 11.7. The van der Waals surface area contributed by atoms with Gasteiger partial charge in [0.15, 0.2) is 0 Å². The highest BCUT2D eigenvalue weighted by Gasteiger charge is 2.07. The lowest BCUT2D eigenvalue weighted by Crippen LogP contribution is -2.17. The van der Waals surface area contributed by atoms with Crippen LogP contribution in [0.4, 0.5) is 5.69 Å². The first-order chi connectivity index (χ1) is 9.04. The number of hydrogen-bond donors (Lipinski definition) is 2. The van der Waals surface area contributed by atoms with Crippen LogP contribution in [0.15, 0.2) is 42.7 Å². The lowest BCUT2D eigenvalue weighted by atomic mass is 10.3. The van der Waals surface area contributed by atoms with Gasteiger partial charge in [-0.1, -0.05) is 11.6 Å². The summed E-state index contributed by atoms with van der Waals surface area (Å²) in [6.07, 6.45) is 2.95. The van der Waals surface area contributed by atoms with Crippen molar-refractivity contribution in [2.45, 2.75) is 6.54 Å². The van der Waals surface area contributed by atoms with E-state index in [1.165, 1.54) is 16.8 Å². The summed E-state index contributed by atoms with van der Waals surface area (Å²) in [5.41, 5.74) is 0.791. The lowest BCUT2D eigenvalue weighted by Gasteiger charge is -2.06. The molecule has 0 fully saturated rings. The van der Waals surface area contributed by atoms with Crippen LogP contribution in [0, 0.1) is 0 Å². The summed E-state index contributed by atoms with van der Waals surface area (Å²) in [4.78, 5) is 22.4. The van der Waals surface area contributed by atoms with E-state index in [0.717, 1.165) is 0 Å². The number of rotatable bonds is 4. The number of nitrogens with zero attached hydrogens (tertiary/aromatic N) is 1. The monoisotopic (exact) mass is 278 g/mol. The number of carbonyl (C=O) groups excluding carboxylic acids is 1. The zero-order chi connectivity index (χ0) is 13.8. The Bertz CT molecular complexity index is 605. The summed E-state index contributed by atoms with van der Waals surface area (Å²) >= 11 is 5.74. The second-order valence-corrected chi connectivity index (χ2v) is 4.37. The summed E-state index contributed by atoms with van der Waals surface area (Å²) in [6, 6.07) is 8.18. The smallest absolute Gasteiger partial charge is 0.337 e. The number of carboxylic acid groups (broad SMARTS) is 1. The minimum absolute atomic E-state index is 0.0515. The minimum atomic E-state index is -1.02. The zero-order valence-electron chi connectivity index (χ0n) is 9.84. The Morgan fingerprint density at radius 1 is 1.21 bits per heavy atom. The normalized spacial score (nSPS) is 10.2. The predicted molar refractivity (Wildman–Crippen MR) is 71.5 cm³/mol. The Morgan fingerprint density at radius 3 is 2.47 bits per heavy atom. The average molecular weight is 279 g/mol. The first-order valence-electron chi connectivity index (χ1n) is 5.49. The number of amides is 1. The van der Waals surface area contributed by atoms with Crippen molar-refractivity contribution >= 4 is 29.2 Å². The summed E-state index contributed by atoms with van der Waals surface area (Å²) < 4.78 is 1.51. The number of nitrogens with one attached hydrogen (secondary N) is 1. The number of carbonyl (C=O) groups is 2. The summed E-state index contributed by atoms with van der Waals surface area (Å²) in [7, 11) is 0. The molecule has 0 spiro atoms. The van der Waals surface area contributed by atoms with Gasteiger partial charge >= 0.3 is 5.97 Å². The maximum absolute atomic E-state index is 11.7. The standard InChI is InChI=1S/C13H11ClN2O3/c14-10-1-3-11(4-2-10)15-12(17)8-16-6-5-9(7-16)13(18)19/h1-7H,8H2,(H,15,17)(H,18,19). The molecule has 1 heterocycles. The predicted octanol–water partition coefficient (Wildman–Crippen LogP) is 2.48. The number of hydrogen-bond acceptors (Lipinski definition) is 2. The van der Waals surface area contributed by atoms with Gasteiger partial charge in [0, 0.05) is 23.1 Å². The number of anilines is 1. The van der Waals surface area contributed by atoms with Crippen molar-refractivity contribution in [3.63, 3.8) is 0 Å². The number of aromatic nitrogens is 1. The molecule has 0 atom stereocenters. The summed E-state index contributed by atoms with van der Waals surface area (Å²) in [6.45, 7) is 0.0515. The van der Waals surface area contributed by atoms with Gasteiger partial charge in [0.1, 0.15) is 6.54 Å². The molecule has 2 rings (SSSR count). The van der Waals surface area contributed by atoms with Crippen LogP contribution in [-0.2, 0) is 11.3 Å². The largest absolute Gasteiger partial charge is 0.478 e. The van der Waals surface area contributed by atoms with Crippen molar-refractivity contribution in [1.82, 2.24) is 4.57 Å². The molecule has 6 heteroatoms. The Morgan fingerprint density at radius 2 is 1.89 bits per heavy atom. The molecular formula is C13H11ClN2O3. The average Bonchev–Trinajstić information content (AvgIpc) is 2.80. The molecule has 0 saturated carbocycles. The second-order valence-electron chi connectivity index (χ2n) is 3.93.